The van der Waals surface area contributed by atoms with Crippen molar-refractivity contribution in [3.63, 3.8) is 0 Å². The summed E-state index contributed by atoms with van der Waals surface area (Å²) in [5.41, 5.74) is 8.17. The van der Waals surface area contributed by atoms with E-state index in [1.165, 1.54) is 5.56 Å². The predicted molar refractivity (Wildman–Crippen MR) is 135 cm³/mol. The number of rotatable bonds is 5. The molecule has 3 nitrogen and oxygen atoms in total. The molecule has 0 saturated carbocycles. The SMILES string of the molecule is CC(C)(c1cccc(-c2cccc(-c3cccc(-c4ccccn4)c3)n2)c1)c1ccccn1. The summed E-state index contributed by atoms with van der Waals surface area (Å²) in [6.45, 7) is 4.42. The van der Waals surface area contributed by atoms with Crippen LogP contribution in [0.5, 0.6) is 0 Å². The van der Waals surface area contributed by atoms with Gasteiger partial charge in [0.1, 0.15) is 0 Å². The van der Waals surface area contributed by atoms with Crippen LogP contribution in [0, 0.1) is 0 Å². The van der Waals surface area contributed by atoms with Crippen LogP contribution in [0.25, 0.3) is 33.8 Å². The van der Waals surface area contributed by atoms with Crippen molar-refractivity contribution >= 4 is 0 Å². The summed E-state index contributed by atoms with van der Waals surface area (Å²) < 4.78 is 0. The summed E-state index contributed by atoms with van der Waals surface area (Å²) in [5, 5.41) is 0. The molecule has 0 aliphatic rings. The van der Waals surface area contributed by atoms with Crippen LogP contribution in [-0.2, 0) is 5.41 Å². The fourth-order valence-electron chi connectivity index (χ4n) is 4.08. The standard InChI is InChI=1S/C30H25N3/c1-30(2,29-17-4-6-19-32-29)25-13-8-12-24(21-25)28-16-9-15-27(33-28)23-11-7-10-22(20-23)26-14-3-5-18-31-26/h3-21H,1-2H3. The van der Waals surface area contributed by atoms with Crippen LogP contribution in [0.4, 0.5) is 0 Å². The monoisotopic (exact) mass is 427 g/mol. The van der Waals surface area contributed by atoms with E-state index >= 15 is 0 Å². The Morgan fingerprint density at radius 1 is 0.515 bits per heavy atom. The predicted octanol–water partition coefficient (Wildman–Crippen LogP) is 7.20. The molecule has 0 bridgehead atoms. The third kappa shape index (κ3) is 4.31. The number of pyridine rings is 3. The topological polar surface area (TPSA) is 38.7 Å². The fourth-order valence-corrected chi connectivity index (χ4v) is 4.08. The Bertz CT molecular complexity index is 1380. The second-order valence-electron chi connectivity index (χ2n) is 8.62. The molecule has 0 unspecified atom stereocenters. The zero-order chi connectivity index (χ0) is 22.7. The van der Waals surface area contributed by atoms with Crippen molar-refractivity contribution < 1.29 is 0 Å². The van der Waals surface area contributed by atoms with Gasteiger partial charge in [-0.2, -0.15) is 0 Å². The Kier molecular flexibility index (Phi) is 5.54. The van der Waals surface area contributed by atoms with Gasteiger partial charge in [-0.1, -0.05) is 68.4 Å². The van der Waals surface area contributed by atoms with Gasteiger partial charge in [-0.05, 0) is 54.1 Å². The molecular formula is C30H25N3. The third-order valence-electron chi connectivity index (χ3n) is 6.05. The molecule has 0 saturated heterocycles. The van der Waals surface area contributed by atoms with Gasteiger partial charge < -0.3 is 0 Å². The minimum absolute atomic E-state index is 0.202. The van der Waals surface area contributed by atoms with Gasteiger partial charge in [0.2, 0.25) is 0 Å². The van der Waals surface area contributed by atoms with Crippen LogP contribution in [0.1, 0.15) is 25.1 Å². The molecule has 5 aromatic rings. The molecule has 0 radical (unpaired) electrons. The van der Waals surface area contributed by atoms with Crippen molar-refractivity contribution in [2.45, 2.75) is 19.3 Å². The van der Waals surface area contributed by atoms with Crippen molar-refractivity contribution in [1.29, 1.82) is 0 Å². The van der Waals surface area contributed by atoms with Crippen LogP contribution >= 0.6 is 0 Å². The van der Waals surface area contributed by atoms with Gasteiger partial charge in [-0.25, -0.2) is 4.98 Å². The molecule has 5 rings (SSSR count). The minimum Gasteiger partial charge on any atom is -0.260 e. The minimum atomic E-state index is -0.202. The van der Waals surface area contributed by atoms with E-state index in [0.717, 1.165) is 39.5 Å². The van der Waals surface area contributed by atoms with Crippen LogP contribution in [-0.4, -0.2) is 15.0 Å². The summed E-state index contributed by atoms with van der Waals surface area (Å²) >= 11 is 0. The first-order valence-electron chi connectivity index (χ1n) is 11.1. The highest BCUT2D eigenvalue weighted by atomic mass is 14.7. The first-order valence-corrected chi connectivity index (χ1v) is 11.1. The smallest absolute Gasteiger partial charge is 0.0709 e. The Morgan fingerprint density at radius 2 is 1.09 bits per heavy atom. The molecule has 3 heterocycles. The van der Waals surface area contributed by atoms with E-state index in [1.807, 2.05) is 42.7 Å². The molecule has 2 aromatic carbocycles. The van der Waals surface area contributed by atoms with Gasteiger partial charge in [0.25, 0.3) is 0 Å². The molecule has 0 fully saturated rings. The molecule has 3 heteroatoms. The van der Waals surface area contributed by atoms with Crippen LogP contribution in [0.2, 0.25) is 0 Å². The van der Waals surface area contributed by atoms with E-state index in [2.05, 4.69) is 96.6 Å². The Hall–Kier alpha value is -4.11. The average molecular weight is 428 g/mol. The van der Waals surface area contributed by atoms with Crippen LogP contribution in [0.15, 0.2) is 116 Å². The van der Waals surface area contributed by atoms with Gasteiger partial charge in [-0.3, -0.25) is 9.97 Å². The molecule has 0 atom stereocenters. The summed E-state index contributed by atoms with van der Waals surface area (Å²) in [6.07, 6.45) is 3.67. The molecule has 0 amide bonds. The lowest BCUT2D eigenvalue weighted by molar-refractivity contribution is 0.617. The van der Waals surface area contributed by atoms with Gasteiger partial charge in [0, 0.05) is 34.5 Å². The van der Waals surface area contributed by atoms with Crippen molar-refractivity contribution in [3.05, 3.63) is 127 Å². The zero-order valence-corrected chi connectivity index (χ0v) is 18.8. The first kappa shape index (κ1) is 20.8. The number of hydrogen-bond donors (Lipinski definition) is 0. The fraction of sp³-hybridized carbons (Fsp3) is 0.100. The highest BCUT2D eigenvalue weighted by Crippen LogP contribution is 2.33. The third-order valence-corrected chi connectivity index (χ3v) is 6.05. The van der Waals surface area contributed by atoms with Gasteiger partial charge in [0.05, 0.1) is 22.8 Å². The number of nitrogens with zero attached hydrogens (tertiary/aromatic N) is 3. The lowest BCUT2D eigenvalue weighted by Crippen LogP contribution is -2.20. The molecule has 160 valence electrons. The van der Waals surface area contributed by atoms with Crippen molar-refractivity contribution in [2.75, 3.05) is 0 Å². The van der Waals surface area contributed by atoms with Crippen molar-refractivity contribution in [2.24, 2.45) is 0 Å². The van der Waals surface area contributed by atoms with E-state index in [4.69, 9.17) is 4.98 Å². The van der Waals surface area contributed by atoms with Crippen LogP contribution in [0.3, 0.4) is 0 Å². The maximum absolute atomic E-state index is 5.01. The molecule has 0 aliphatic heterocycles. The van der Waals surface area contributed by atoms with Gasteiger partial charge in [-0.15, -0.1) is 0 Å². The van der Waals surface area contributed by atoms with Crippen LogP contribution < -0.4 is 0 Å². The average Bonchev–Trinajstić information content (AvgIpc) is 2.90. The Labute approximate surface area is 194 Å². The number of benzene rings is 2. The number of aromatic nitrogens is 3. The van der Waals surface area contributed by atoms with Crippen molar-refractivity contribution in [3.8, 4) is 33.8 Å². The molecule has 0 aliphatic carbocycles. The highest BCUT2D eigenvalue weighted by Gasteiger charge is 2.24. The van der Waals surface area contributed by atoms with Gasteiger partial charge in [0.15, 0.2) is 0 Å². The second-order valence-corrected chi connectivity index (χ2v) is 8.62. The van der Waals surface area contributed by atoms with Crippen molar-refractivity contribution in [1.82, 2.24) is 15.0 Å². The molecule has 0 spiro atoms. The molecule has 3 aromatic heterocycles. The maximum Gasteiger partial charge on any atom is 0.0709 e. The lowest BCUT2D eigenvalue weighted by atomic mass is 9.80. The normalized spacial score (nSPS) is 11.3. The largest absolute Gasteiger partial charge is 0.260 e. The summed E-state index contributed by atoms with van der Waals surface area (Å²) in [6, 6.07) is 35.2. The molecule has 0 N–H and O–H groups in total. The second kappa shape index (κ2) is 8.79. The first-order chi connectivity index (χ1) is 16.1. The zero-order valence-electron chi connectivity index (χ0n) is 18.8. The maximum atomic E-state index is 5.01. The highest BCUT2D eigenvalue weighted by molar-refractivity contribution is 5.71. The Morgan fingerprint density at radius 3 is 1.76 bits per heavy atom. The lowest BCUT2D eigenvalue weighted by Gasteiger charge is -2.25. The summed E-state index contributed by atoms with van der Waals surface area (Å²) in [5.74, 6) is 0. The molecular weight excluding hydrogens is 402 g/mol. The Balaban J connectivity index is 1.50. The molecule has 33 heavy (non-hydrogen) atoms. The quantitative estimate of drug-likeness (QED) is 0.298. The van der Waals surface area contributed by atoms with E-state index in [0.29, 0.717) is 0 Å². The van der Waals surface area contributed by atoms with E-state index < -0.39 is 0 Å². The summed E-state index contributed by atoms with van der Waals surface area (Å²) in [7, 11) is 0. The summed E-state index contributed by atoms with van der Waals surface area (Å²) in [4.78, 5) is 14.1. The number of hydrogen-bond acceptors (Lipinski definition) is 3. The van der Waals surface area contributed by atoms with E-state index in [1.54, 1.807) is 0 Å². The van der Waals surface area contributed by atoms with E-state index in [9.17, 15) is 0 Å². The van der Waals surface area contributed by atoms with Gasteiger partial charge >= 0.3 is 0 Å². The van der Waals surface area contributed by atoms with E-state index in [-0.39, 0.29) is 5.41 Å².